The third-order valence-electron chi connectivity index (χ3n) is 5.38. The van der Waals surface area contributed by atoms with Gasteiger partial charge in [-0.25, -0.2) is 0 Å². The highest BCUT2D eigenvalue weighted by Crippen LogP contribution is 2.39. The minimum Gasteiger partial charge on any atom is -0.493 e. The molecule has 0 radical (unpaired) electrons. The number of hydrogen-bond acceptors (Lipinski definition) is 5. The summed E-state index contributed by atoms with van der Waals surface area (Å²) in [6.45, 7) is 7.02. The largest absolute Gasteiger partial charge is 0.493 e. The van der Waals surface area contributed by atoms with Crippen LogP contribution in [0.4, 0.5) is 0 Å². The van der Waals surface area contributed by atoms with E-state index >= 15 is 0 Å². The zero-order chi connectivity index (χ0) is 20.5. The topological polar surface area (TPSA) is 43.0 Å². The molecule has 0 amide bonds. The first-order valence-electron chi connectivity index (χ1n) is 10.6. The summed E-state index contributed by atoms with van der Waals surface area (Å²) in [5.74, 6) is 2.03. The summed E-state index contributed by atoms with van der Waals surface area (Å²) in [6.07, 6.45) is 4.02. The quantitative estimate of drug-likeness (QED) is 0.648. The Bertz CT molecular complexity index is 720. The Morgan fingerprint density at radius 1 is 0.931 bits per heavy atom. The smallest absolute Gasteiger partial charge is 0.203 e. The van der Waals surface area contributed by atoms with E-state index in [1.165, 1.54) is 32.4 Å². The molecule has 0 aliphatic carbocycles. The number of nitrogens with zero attached hydrogens (tertiary/aromatic N) is 1. The standard InChI is InChI=1S/C24H34N2O3/c1-19(17-26-12-8-5-9-13-26)25-16-21-14-22(27-2)24(23(15-21)28-3)29-18-20-10-6-4-7-11-20/h4,6-7,10-11,14-15,19,25H,5,8-9,12-13,16-18H2,1-3H3. The average molecular weight is 399 g/mol. The van der Waals surface area contributed by atoms with Crippen LogP contribution in [0.3, 0.4) is 0 Å². The predicted octanol–water partition coefficient (Wildman–Crippen LogP) is 4.25. The van der Waals surface area contributed by atoms with Crippen molar-refractivity contribution in [1.82, 2.24) is 10.2 Å². The van der Waals surface area contributed by atoms with Crippen LogP contribution in [-0.4, -0.2) is 44.8 Å². The summed E-state index contributed by atoms with van der Waals surface area (Å²) >= 11 is 0. The fraction of sp³-hybridized carbons (Fsp3) is 0.500. The first-order valence-corrected chi connectivity index (χ1v) is 10.6. The van der Waals surface area contributed by atoms with Gasteiger partial charge >= 0.3 is 0 Å². The fourth-order valence-electron chi connectivity index (χ4n) is 3.79. The minimum absolute atomic E-state index is 0.430. The Balaban J connectivity index is 1.62. The van der Waals surface area contributed by atoms with Gasteiger partial charge in [-0.2, -0.15) is 0 Å². The minimum atomic E-state index is 0.430. The summed E-state index contributed by atoms with van der Waals surface area (Å²) < 4.78 is 17.2. The number of rotatable bonds is 10. The van der Waals surface area contributed by atoms with E-state index in [0.29, 0.717) is 29.9 Å². The highest BCUT2D eigenvalue weighted by molar-refractivity contribution is 5.54. The van der Waals surface area contributed by atoms with Crippen LogP contribution >= 0.6 is 0 Å². The number of nitrogens with one attached hydrogen (secondary N) is 1. The zero-order valence-corrected chi connectivity index (χ0v) is 17.9. The highest BCUT2D eigenvalue weighted by atomic mass is 16.5. The van der Waals surface area contributed by atoms with E-state index in [2.05, 4.69) is 17.1 Å². The van der Waals surface area contributed by atoms with Gasteiger partial charge in [0, 0.05) is 19.1 Å². The van der Waals surface area contributed by atoms with Crippen molar-refractivity contribution in [2.45, 2.75) is 45.4 Å². The number of methoxy groups -OCH3 is 2. The molecule has 2 aromatic rings. The summed E-state index contributed by atoms with van der Waals surface area (Å²) in [5.41, 5.74) is 2.23. The van der Waals surface area contributed by atoms with Gasteiger partial charge in [-0.3, -0.25) is 0 Å². The molecule has 1 heterocycles. The maximum Gasteiger partial charge on any atom is 0.203 e. The van der Waals surface area contributed by atoms with Crippen LogP contribution in [0, 0.1) is 0 Å². The van der Waals surface area contributed by atoms with Gasteiger partial charge < -0.3 is 24.4 Å². The number of likely N-dealkylation sites (tertiary alicyclic amines) is 1. The maximum atomic E-state index is 6.04. The van der Waals surface area contributed by atoms with Gasteiger partial charge in [-0.15, -0.1) is 0 Å². The average Bonchev–Trinajstić information content (AvgIpc) is 2.77. The third-order valence-corrected chi connectivity index (χ3v) is 5.38. The van der Waals surface area contributed by atoms with E-state index in [0.717, 1.165) is 24.2 Å². The Labute approximate surface area is 175 Å². The molecule has 5 heteroatoms. The van der Waals surface area contributed by atoms with Crippen LogP contribution in [0.15, 0.2) is 42.5 Å². The van der Waals surface area contributed by atoms with Crippen LogP contribution in [-0.2, 0) is 13.2 Å². The lowest BCUT2D eigenvalue weighted by atomic mass is 10.1. The van der Waals surface area contributed by atoms with E-state index < -0.39 is 0 Å². The van der Waals surface area contributed by atoms with Crippen molar-refractivity contribution in [2.24, 2.45) is 0 Å². The Morgan fingerprint density at radius 3 is 2.21 bits per heavy atom. The molecule has 29 heavy (non-hydrogen) atoms. The monoisotopic (exact) mass is 398 g/mol. The van der Waals surface area contributed by atoms with Gasteiger partial charge in [-0.05, 0) is 56.1 Å². The lowest BCUT2D eigenvalue weighted by Crippen LogP contribution is -2.41. The van der Waals surface area contributed by atoms with Crippen LogP contribution in [0.2, 0.25) is 0 Å². The van der Waals surface area contributed by atoms with Crippen LogP contribution in [0.5, 0.6) is 17.2 Å². The number of piperidine rings is 1. The molecule has 1 aliphatic heterocycles. The Morgan fingerprint density at radius 2 is 1.59 bits per heavy atom. The molecule has 1 unspecified atom stereocenters. The first-order chi connectivity index (χ1) is 14.2. The van der Waals surface area contributed by atoms with Gasteiger partial charge in [0.15, 0.2) is 11.5 Å². The van der Waals surface area contributed by atoms with E-state index in [-0.39, 0.29) is 0 Å². The molecule has 158 valence electrons. The van der Waals surface area contributed by atoms with E-state index in [1.807, 2.05) is 42.5 Å². The normalized spacial score (nSPS) is 15.7. The summed E-state index contributed by atoms with van der Waals surface area (Å²) in [5, 5.41) is 3.63. The molecule has 3 rings (SSSR count). The van der Waals surface area contributed by atoms with Gasteiger partial charge in [0.1, 0.15) is 6.61 Å². The lowest BCUT2D eigenvalue weighted by molar-refractivity contribution is 0.209. The summed E-state index contributed by atoms with van der Waals surface area (Å²) in [4.78, 5) is 2.56. The third kappa shape index (κ3) is 6.38. The molecule has 0 spiro atoms. The van der Waals surface area contributed by atoms with Gasteiger partial charge in [0.2, 0.25) is 5.75 Å². The molecule has 0 aromatic heterocycles. The molecule has 0 bridgehead atoms. The maximum absolute atomic E-state index is 6.04. The van der Waals surface area contributed by atoms with E-state index in [4.69, 9.17) is 14.2 Å². The molecule has 1 N–H and O–H groups in total. The SMILES string of the molecule is COc1cc(CNC(C)CN2CCCCC2)cc(OC)c1OCc1ccccc1. The second kappa shape index (κ2) is 11.1. The molecule has 5 nitrogen and oxygen atoms in total. The van der Waals surface area contributed by atoms with Gasteiger partial charge in [-0.1, -0.05) is 36.8 Å². The Hall–Kier alpha value is -2.24. The highest BCUT2D eigenvalue weighted by Gasteiger charge is 2.16. The van der Waals surface area contributed by atoms with Crippen molar-refractivity contribution in [1.29, 1.82) is 0 Å². The molecule has 1 fully saturated rings. The van der Waals surface area contributed by atoms with E-state index in [9.17, 15) is 0 Å². The van der Waals surface area contributed by atoms with Gasteiger partial charge in [0.25, 0.3) is 0 Å². The molecule has 1 atom stereocenters. The van der Waals surface area contributed by atoms with Crippen LogP contribution in [0.1, 0.15) is 37.3 Å². The van der Waals surface area contributed by atoms with E-state index in [1.54, 1.807) is 14.2 Å². The number of hydrogen-bond donors (Lipinski definition) is 1. The second-order valence-electron chi connectivity index (χ2n) is 7.75. The summed E-state index contributed by atoms with van der Waals surface area (Å²) in [6, 6.07) is 14.6. The molecule has 1 saturated heterocycles. The molecule has 2 aromatic carbocycles. The fourth-order valence-corrected chi connectivity index (χ4v) is 3.79. The Kier molecular flexibility index (Phi) is 8.20. The van der Waals surface area contributed by atoms with Crippen LogP contribution in [0.25, 0.3) is 0 Å². The predicted molar refractivity (Wildman–Crippen MR) is 117 cm³/mol. The second-order valence-corrected chi connectivity index (χ2v) is 7.75. The van der Waals surface area contributed by atoms with Crippen molar-refractivity contribution in [3.05, 3.63) is 53.6 Å². The molecule has 0 saturated carbocycles. The zero-order valence-electron chi connectivity index (χ0n) is 17.9. The van der Waals surface area contributed by atoms with Crippen molar-refractivity contribution in [3.8, 4) is 17.2 Å². The van der Waals surface area contributed by atoms with Crippen LogP contribution < -0.4 is 19.5 Å². The van der Waals surface area contributed by atoms with Crippen molar-refractivity contribution >= 4 is 0 Å². The number of benzene rings is 2. The first kappa shape index (κ1) is 21.5. The molecule has 1 aliphatic rings. The number of ether oxygens (including phenoxy) is 3. The van der Waals surface area contributed by atoms with Gasteiger partial charge in [0.05, 0.1) is 14.2 Å². The lowest BCUT2D eigenvalue weighted by Gasteiger charge is -2.29. The molecular weight excluding hydrogens is 364 g/mol. The van der Waals surface area contributed by atoms with Crippen molar-refractivity contribution < 1.29 is 14.2 Å². The molecular formula is C24H34N2O3. The summed E-state index contributed by atoms with van der Waals surface area (Å²) in [7, 11) is 3.33. The van der Waals surface area contributed by atoms with Crippen molar-refractivity contribution in [2.75, 3.05) is 33.9 Å². The van der Waals surface area contributed by atoms with Crippen molar-refractivity contribution in [3.63, 3.8) is 0 Å².